The van der Waals surface area contributed by atoms with Gasteiger partial charge >= 0.3 is 0 Å². The number of benzene rings is 2. The van der Waals surface area contributed by atoms with Crippen molar-refractivity contribution in [3.63, 3.8) is 0 Å². The van der Waals surface area contributed by atoms with Gasteiger partial charge in [-0.2, -0.15) is 0 Å². The maximum atomic E-state index is 13.0. The van der Waals surface area contributed by atoms with E-state index in [9.17, 15) is 27.4 Å². The number of hydrogen-bond donors (Lipinski definition) is 1. The molecule has 3 rings (SSSR count). The number of nitrogens with zero attached hydrogens (tertiary/aromatic N) is 2. The third kappa shape index (κ3) is 8.54. The number of aromatic nitrogens is 2. The molecular weight excluding hydrogens is 549 g/mol. The molecule has 12 nitrogen and oxygen atoms in total. The van der Waals surface area contributed by atoms with Crippen LogP contribution < -0.4 is 14.8 Å². The molecule has 206 valence electrons. The second-order valence-corrected chi connectivity index (χ2v) is 13.0. The van der Waals surface area contributed by atoms with Crippen molar-refractivity contribution in [2.75, 3.05) is 25.3 Å². The van der Waals surface area contributed by atoms with Gasteiger partial charge in [-0.1, -0.05) is 0 Å². The molecule has 0 radical (unpaired) electrons. The Kier molecular flexibility index (Phi) is 9.68. The first-order chi connectivity index (χ1) is 18.4. The minimum absolute atomic E-state index is 0.0636. The predicted octanol–water partition coefficient (Wildman–Crippen LogP) is 3.58. The van der Waals surface area contributed by atoms with E-state index in [1.807, 2.05) is 0 Å². The van der Waals surface area contributed by atoms with Crippen molar-refractivity contribution in [1.29, 1.82) is 0 Å². The SMILES string of the molecule is COC[C@H](C)Oc1cc(Oc2ccc(S(C)(=O)=O)cc2)cc(C(=O)Nc2cnc(CP(=O)(C=O)C=O)cn2)c1. The number of rotatable bonds is 13. The zero-order valence-corrected chi connectivity index (χ0v) is 23.0. The number of ether oxygens (including phenoxy) is 3. The van der Waals surface area contributed by atoms with Gasteiger partial charge in [0.1, 0.15) is 23.4 Å². The zero-order chi connectivity index (χ0) is 28.6. The molecule has 0 fully saturated rings. The topological polar surface area (TPSA) is 168 Å². The molecule has 0 spiro atoms. The predicted molar refractivity (Wildman–Crippen MR) is 143 cm³/mol. The Morgan fingerprint density at radius 3 is 2.26 bits per heavy atom. The van der Waals surface area contributed by atoms with Gasteiger partial charge in [-0.15, -0.1) is 0 Å². The van der Waals surface area contributed by atoms with Crippen LogP contribution in [0.5, 0.6) is 17.2 Å². The molecule has 0 saturated carbocycles. The molecule has 1 N–H and O–H groups in total. The molecule has 3 aromatic rings. The van der Waals surface area contributed by atoms with Crippen LogP contribution >= 0.6 is 7.14 Å². The average molecular weight is 576 g/mol. The molecule has 1 amide bonds. The van der Waals surface area contributed by atoms with E-state index in [0.29, 0.717) is 18.1 Å². The number of hydrogen-bond acceptors (Lipinski definition) is 11. The smallest absolute Gasteiger partial charge is 0.257 e. The van der Waals surface area contributed by atoms with Gasteiger partial charge in [-0.3, -0.25) is 19.4 Å². The summed E-state index contributed by atoms with van der Waals surface area (Å²) in [6.45, 7) is 2.08. The summed E-state index contributed by atoms with van der Waals surface area (Å²) >= 11 is 0. The first-order valence-corrected chi connectivity index (χ1v) is 15.3. The van der Waals surface area contributed by atoms with Gasteiger partial charge in [-0.25, -0.2) is 13.4 Å². The van der Waals surface area contributed by atoms with Crippen molar-refractivity contribution in [1.82, 2.24) is 9.97 Å². The van der Waals surface area contributed by atoms with Gasteiger partial charge in [0.25, 0.3) is 5.91 Å². The number of carbonyl (C=O) groups excluding carboxylic acids is 3. The Morgan fingerprint density at radius 1 is 1.03 bits per heavy atom. The third-order valence-corrected chi connectivity index (χ3v) is 7.74. The second-order valence-electron chi connectivity index (χ2n) is 8.49. The van der Waals surface area contributed by atoms with E-state index in [2.05, 4.69) is 15.3 Å². The van der Waals surface area contributed by atoms with Crippen molar-refractivity contribution < 1.29 is 41.6 Å². The van der Waals surface area contributed by atoms with Crippen LogP contribution in [-0.4, -0.2) is 62.4 Å². The normalized spacial score (nSPS) is 12.3. The van der Waals surface area contributed by atoms with E-state index in [0.717, 1.165) is 6.26 Å². The molecule has 14 heteroatoms. The summed E-state index contributed by atoms with van der Waals surface area (Å²) in [6.07, 6.45) is 2.79. The number of carbonyl (C=O) groups is 3. The van der Waals surface area contributed by atoms with Crippen LogP contribution in [0.25, 0.3) is 0 Å². The lowest BCUT2D eigenvalue weighted by molar-refractivity contribution is 0.0915. The Morgan fingerprint density at radius 2 is 1.69 bits per heavy atom. The van der Waals surface area contributed by atoms with E-state index in [4.69, 9.17) is 14.2 Å². The molecule has 2 aromatic carbocycles. The Balaban J connectivity index is 1.84. The Labute approximate surface area is 225 Å². The lowest BCUT2D eigenvalue weighted by atomic mass is 10.2. The lowest BCUT2D eigenvalue weighted by Gasteiger charge is -2.16. The minimum Gasteiger partial charge on any atom is -0.488 e. The van der Waals surface area contributed by atoms with Crippen molar-refractivity contribution in [3.05, 3.63) is 66.1 Å². The number of sulfone groups is 1. The van der Waals surface area contributed by atoms with Crippen molar-refractivity contribution in [2.24, 2.45) is 0 Å². The van der Waals surface area contributed by atoms with Crippen LogP contribution in [0.2, 0.25) is 0 Å². The Bertz CT molecular complexity index is 1480. The van der Waals surface area contributed by atoms with Crippen LogP contribution in [0.3, 0.4) is 0 Å². The van der Waals surface area contributed by atoms with Crippen LogP contribution in [0.1, 0.15) is 23.0 Å². The monoisotopic (exact) mass is 575 g/mol. The van der Waals surface area contributed by atoms with Gasteiger partial charge in [0.05, 0.1) is 35.8 Å². The van der Waals surface area contributed by atoms with E-state index < -0.39 is 22.9 Å². The molecular formula is C25H26N3O9PS. The molecule has 0 bridgehead atoms. The Hall–Kier alpha value is -3.93. The fourth-order valence-electron chi connectivity index (χ4n) is 3.26. The molecule has 39 heavy (non-hydrogen) atoms. The number of anilines is 1. The summed E-state index contributed by atoms with van der Waals surface area (Å²) in [5.41, 5.74) is 0.299. The van der Waals surface area contributed by atoms with Crippen molar-refractivity contribution in [3.8, 4) is 17.2 Å². The van der Waals surface area contributed by atoms with Crippen LogP contribution in [0, 0.1) is 0 Å². The molecule has 0 aliphatic heterocycles. The van der Waals surface area contributed by atoms with Crippen LogP contribution in [-0.2, 0) is 34.9 Å². The molecule has 1 heterocycles. The summed E-state index contributed by atoms with van der Waals surface area (Å²) in [4.78, 5) is 43.0. The van der Waals surface area contributed by atoms with Gasteiger partial charge in [0.15, 0.2) is 27.7 Å². The van der Waals surface area contributed by atoms with Crippen LogP contribution in [0.4, 0.5) is 5.82 Å². The summed E-state index contributed by atoms with van der Waals surface area (Å²) in [6, 6.07) is 10.5. The van der Waals surface area contributed by atoms with E-state index >= 15 is 0 Å². The van der Waals surface area contributed by atoms with Crippen LogP contribution in [0.15, 0.2) is 59.8 Å². The summed E-state index contributed by atoms with van der Waals surface area (Å²) in [7, 11) is -5.53. The minimum atomic E-state index is -3.68. The highest BCUT2D eigenvalue weighted by atomic mass is 32.2. The first-order valence-electron chi connectivity index (χ1n) is 11.4. The second kappa shape index (κ2) is 12.7. The largest absolute Gasteiger partial charge is 0.488 e. The van der Waals surface area contributed by atoms with Gasteiger partial charge < -0.3 is 24.1 Å². The quantitative estimate of drug-likeness (QED) is 0.234. The number of methoxy groups -OCH3 is 1. The van der Waals surface area contributed by atoms with Gasteiger partial charge in [0, 0.05) is 25.0 Å². The number of nitrogens with one attached hydrogen (secondary N) is 1. The van der Waals surface area contributed by atoms with E-state index in [1.165, 1.54) is 55.9 Å². The first kappa shape index (κ1) is 29.6. The third-order valence-electron chi connectivity index (χ3n) is 5.08. The fourth-order valence-corrected chi connectivity index (χ4v) is 4.76. The molecule has 1 aromatic heterocycles. The van der Waals surface area contributed by atoms with E-state index in [1.54, 1.807) is 13.0 Å². The zero-order valence-electron chi connectivity index (χ0n) is 21.3. The highest BCUT2D eigenvalue weighted by Crippen LogP contribution is 2.41. The average Bonchev–Trinajstić information content (AvgIpc) is 2.89. The van der Waals surface area contributed by atoms with Crippen molar-refractivity contribution in [2.45, 2.75) is 24.1 Å². The molecule has 0 unspecified atom stereocenters. The highest BCUT2D eigenvalue weighted by molar-refractivity contribution is 7.90. The summed E-state index contributed by atoms with van der Waals surface area (Å²) in [5, 5.41) is 2.57. The molecule has 0 aliphatic carbocycles. The fraction of sp³-hybridized carbons (Fsp3) is 0.240. The standard InChI is InChI=1S/C25H26N3O9PS/c1-17(13-35-2)36-21-8-18(9-22(10-21)37-20-4-6-23(7-5-20)39(3,33)34)25(31)28-24-12-26-19(11-27-24)14-38(32,15-29)16-30/h4-12,15-17H,13-14H2,1-3H3,(H,27,28,31)/t17-/m0/s1. The lowest BCUT2D eigenvalue weighted by Crippen LogP contribution is -2.19. The maximum Gasteiger partial charge on any atom is 0.257 e. The maximum absolute atomic E-state index is 13.0. The van der Waals surface area contributed by atoms with Gasteiger partial charge in [-0.05, 0) is 43.3 Å². The van der Waals surface area contributed by atoms with Gasteiger partial charge in [0.2, 0.25) is 7.14 Å². The molecule has 1 atom stereocenters. The summed E-state index contributed by atoms with van der Waals surface area (Å²) in [5.74, 6) is 0.378. The number of amides is 1. The van der Waals surface area contributed by atoms with E-state index in [-0.39, 0.29) is 52.0 Å². The highest BCUT2D eigenvalue weighted by Gasteiger charge is 2.22. The molecule has 0 saturated heterocycles. The molecule has 0 aliphatic rings. The summed E-state index contributed by atoms with van der Waals surface area (Å²) < 4.78 is 52.2. The van der Waals surface area contributed by atoms with Crippen molar-refractivity contribution >= 4 is 40.8 Å².